The first-order chi connectivity index (χ1) is 7.25. The summed E-state index contributed by atoms with van der Waals surface area (Å²) in [5.74, 6) is -0.394. The number of rotatable bonds is 0. The molecule has 1 N–H and O–H groups in total. The normalized spacial score (nSPS) is 14.1. The molecular formula is C11H6N2O2. The topological polar surface area (TPSA) is 63.1 Å². The van der Waals surface area contributed by atoms with Gasteiger partial charge in [-0.25, -0.2) is 9.97 Å². The Labute approximate surface area is 84.9 Å². The molecule has 2 aromatic rings. The molecule has 0 amide bonds. The van der Waals surface area contributed by atoms with Crippen LogP contribution >= 0.6 is 0 Å². The lowest BCUT2D eigenvalue weighted by atomic mass is 10.2. The van der Waals surface area contributed by atoms with Crippen molar-refractivity contribution in [3.63, 3.8) is 0 Å². The number of nitrogens with zero attached hydrogens (tertiary/aromatic N) is 2. The lowest BCUT2D eigenvalue weighted by Crippen LogP contribution is -2.00. The number of hydrogen-bond donors (Lipinski definition) is 1. The van der Waals surface area contributed by atoms with Crippen LogP contribution in [0.2, 0.25) is 0 Å². The van der Waals surface area contributed by atoms with Crippen molar-refractivity contribution in [1.82, 2.24) is 9.97 Å². The highest BCUT2D eigenvalue weighted by Crippen LogP contribution is 2.24. The minimum atomic E-state index is -0.291. The van der Waals surface area contributed by atoms with Crippen molar-refractivity contribution in [1.29, 1.82) is 0 Å². The first kappa shape index (κ1) is 8.11. The molecule has 0 aliphatic heterocycles. The van der Waals surface area contributed by atoms with Crippen molar-refractivity contribution in [3.05, 3.63) is 41.7 Å². The molecular weight excluding hydrogens is 192 g/mol. The van der Waals surface area contributed by atoms with Gasteiger partial charge in [0.2, 0.25) is 5.78 Å². The molecule has 72 valence electrons. The number of allylic oxidation sites excluding steroid dienone is 1. The summed E-state index contributed by atoms with van der Waals surface area (Å²) in [6.07, 6.45) is 1.14. The fourth-order valence-electron chi connectivity index (χ4n) is 1.61. The summed E-state index contributed by atoms with van der Waals surface area (Å²) >= 11 is 0. The maximum atomic E-state index is 11.4. The molecule has 1 heterocycles. The number of fused-ring (bicyclic) bond motifs is 2. The number of carbonyl (C=O) groups excluding carboxylic acids is 1. The first-order valence-corrected chi connectivity index (χ1v) is 4.48. The maximum absolute atomic E-state index is 11.4. The van der Waals surface area contributed by atoms with Crippen molar-refractivity contribution >= 4 is 22.6 Å². The zero-order chi connectivity index (χ0) is 10.4. The molecule has 1 aliphatic rings. The van der Waals surface area contributed by atoms with Crippen molar-refractivity contribution in [2.75, 3.05) is 0 Å². The Kier molecular flexibility index (Phi) is 1.42. The third-order valence-corrected chi connectivity index (χ3v) is 2.31. The van der Waals surface area contributed by atoms with Gasteiger partial charge in [-0.15, -0.1) is 0 Å². The summed E-state index contributed by atoms with van der Waals surface area (Å²) < 4.78 is 0. The second kappa shape index (κ2) is 2.63. The van der Waals surface area contributed by atoms with E-state index < -0.39 is 0 Å². The molecule has 0 saturated carbocycles. The lowest BCUT2D eigenvalue weighted by molar-refractivity contribution is 0.104. The number of aromatic nitrogens is 2. The summed E-state index contributed by atoms with van der Waals surface area (Å²) in [7, 11) is 0. The van der Waals surface area contributed by atoms with Gasteiger partial charge in [0, 0.05) is 6.08 Å². The van der Waals surface area contributed by atoms with Gasteiger partial charge in [0.15, 0.2) is 0 Å². The third-order valence-electron chi connectivity index (χ3n) is 2.31. The van der Waals surface area contributed by atoms with E-state index in [4.69, 9.17) is 0 Å². The van der Waals surface area contributed by atoms with E-state index in [9.17, 15) is 9.90 Å². The Morgan fingerprint density at radius 3 is 2.27 bits per heavy atom. The smallest absolute Gasteiger partial charge is 0.210 e. The number of benzene rings is 1. The van der Waals surface area contributed by atoms with Gasteiger partial charge in [-0.05, 0) is 12.1 Å². The van der Waals surface area contributed by atoms with E-state index in [1.54, 1.807) is 12.1 Å². The quantitative estimate of drug-likeness (QED) is 0.700. The maximum Gasteiger partial charge on any atom is 0.210 e. The van der Waals surface area contributed by atoms with Crippen molar-refractivity contribution in [2.24, 2.45) is 0 Å². The molecule has 0 atom stereocenters. The molecule has 4 heteroatoms. The zero-order valence-electron chi connectivity index (χ0n) is 7.64. The van der Waals surface area contributed by atoms with Crippen LogP contribution in [-0.2, 0) is 0 Å². The first-order valence-electron chi connectivity index (χ1n) is 4.48. The van der Waals surface area contributed by atoms with Crippen LogP contribution in [0.3, 0.4) is 0 Å². The van der Waals surface area contributed by atoms with E-state index in [2.05, 4.69) is 9.97 Å². The second-order valence-corrected chi connectivity index (χ2v) is 3.30. The summed E-state index contributed by atoms with van der Waals surface area (Å²) in [4.78, 5) is 19.7. The van der Waals surface area contributed by atoms with Gasteiger partial charge in [-0.1, -0.05) is 12.1 Å². The van der Waals surface area contributed by atoms with Gasteiger partial charge in [0.05, 0.1) is 11.0 Å². The third kappa shape index (κ3) is 1.05. The van der Waals surface area contributed by atoms with Crippen LogP contribution in [-0.4, -0.2) is 20.9 Å². The molecule has 1 aromatic heterocycles. The Morgan fingerprint density at radius 2 is 1.60 bits per heavy atom. The van der Waals surface area contributed by atoms with E-state index in [1.807, 2.05) is 12.1 Å². The van der Waals surface area contributed by atoms with Gasteiger partial charge < -0.3 is 5.11 Å². The number of hydrogen-bond acceptors (Lipinski definition) is 4. The average molecular weight is 198 g/mol. The van der Waals surface area contributed by atoms with Gasteiger partial charge in [-0.3, -0.25) is 4.79 Å². The second-order valence-electron chi connectivity index (χ2n) is 3.30. The van der Waals surface area contributed by atoms with Gasteiger partial charge in [-0.2, -0.15) is 0 Å². The van der Waals surface area contributed by atoms with Crippen LogP contribution < -0.4 is 0 Å². The Hall–Kier alpha value is -2.23. The lowest BCUT2D eigenvalue weighted by Gasteiger charge is -2.00. The SMILES string of the molecule is O=C1C=C(O)c2nc3ccccc3nc21. The van der Waals surface area contributed by atoms with Crippen molar-refractivity contribution in [2.45, 2.75) is 0 Å². The number of ketones is 1. The Morgan fingerprint density at radius 1 is 1.00 bits per heavy atom. The highest BCUT2D eigenvalue weighted by Gasteiger charge is 2.24. The van der Waals surface area contributed by atoms with Crippen molar-refractivity contribution in [3.8, 4) is 0 Å². The summed E-state index contributed by atoms with van der Waals surface area (Å²) in [5, 5.41) is 9.45. The van der Waals surface area contributed by atoms with Gasteiger partial charge >= 0.3 is 0 Å². The van der Waals surface area contributed by atoms with Crippen LogP contribution in [0.15, 0.2) is 30.3 Å². The molecule has 15 heavy (non-hydrogen) atoms. The molecule has 0 spiro atoms. The zero-order valence-corrected chi connectivity index (χ0v) is 7.64. The number of carbonyl (C=O) groups is 1. The Balaban J connectivity index is 2.41. The fraction of sp³-hybridized carbons (Fsp3) is 0. The van der Waals surface area contributed by atoms with Crippen molar-refractivity contribution < 1.29 is 9.90 Å². The number of aliphatic hydroxyl groups is 1. The minimum absolute atomic E-state index is 0.103. The molecule has 0 fully saturated rings. The van der Waals surface area contributed by atoms with Crippen LogP contribution in [0, 0.1) is 0 Å². The molecule has 1 aromatic carbocycles. The summed E-state index contributed by atoms with van der Waals surface area (Å²) in [6, 6.07) is 7.24. The average Bonchev–Trinajstić information content (AvgIpc) is 2.52. The van der Waals surface area contributed by atoms with E-state index in [0.717, 1.165) is 6.08 Å². The molecule has 0 bridgehead atoms. The monoisotopic (exact) mass is 198 g/mol. The predicted molar refractivity (Wildman–Crippen MR) is 54.5 cm³/mol. The van der Waals surface area contributed by atoms with Crippen LogP contribution in [0.4, 0.5) is 0 Å². The number of aliphatic hydroxyl groups excluding tert-OH is 1. The highest BCUT2D eigenvalue weighted by atomic mass is 16.3. The van der Waals surface area contributed by atoms with Gasteiger partial charge in [0.25, 0.3) is 0 Å². The van der Waals surface area contributed by atoms with Crippen LogP contribution in [0.1, 0.15) is 16.2 Å². The molecule has 3 rings (SSSR count). The molecule has 1 aliphatic carbocycles. The minimum Gasteiger partial charge on any atom is -0.505 e. The van der Waals surface area contributed by atoms with E-state index in [0.29, 0.717) is 11.0 Å². The largest absolute Gasteiger partial charge is 0.505 e. The molecule has 0 unspecified atom stereocenters. The van der Waals surface area contributed by atoms with Crippen LogP contribution in [0.5, 0.6) is 0 Å². The fourth-order valence-corrected chi connectivity index (χ4v) is 1.61. The molecule has 0 radical (unpaired) electrons. The van der Waals surface area contributed by atoms with Gasteiger partial charge in [0.1, 0.15) is 17.1 Å². The molecule has 0 saturated heterocycles. The molecule has 4 nitrogen and oxygen atoms in total. The summed E-state index contributed by atoms with van der Waals surface area (Å²) in [5.41, 5.74) is 1.84. The standard InChI is InChI=1S/C11H6N2O2/c14-8-5-9(15)11-10(8)12-6-3-1-2-4-7(6)13-11/h1-5,14H. The van der Waals surface area contributed by atoms with E-state index >= 15 is 0 Å². The van der Waals surface area contributed by atoms with E-state index in [-0.39, 0.29) is 22.9 Å². The van der Waals surface area contributed by atoms with E-state index in [1.165, 1.54) is 0 Å². The number of para-hydroxylation sites is 2. The van der Waals surface area contributed by atoms with Crippen LogP contribution in [0.25, 0.3) is 16.8 Å². The highest BCUT2D eigenvalue weighted by molar-refractivity contribution is 6.14. The Bertz CT molecular complexity index is 617. The summed E-state index contributed by atoms with van der Waals surface area (Å²) in [6.45, 7) is 0. The predicted octanol–water partition coefficient (Wildman–Crippen LogP) is 1.72.